The van der Waals surface area contributed by atoms with Gasteiger partial charge in [0.05, 0.1) is 5.41 Å². The van der Waals surface area contributed by atoms with E-state index in [0.717, 1.165) is 67.5 Å². The van der Waals surface area contributed by atoms with E-state index in [-0.39, 0.29) is 21.7 Å². The first kappa shape index (κ1) is 79.0. The molecule has 16 aromatic carbocycles. The van der Waals surface area contributed by atoms with Gasteiger partial charge in [-0.25, -0.2) is 0 Å². The van der Waals surface area contributed by atoms with Gasteiger partial charge >= 0.3 is 0 Å². The Morgan fingerprint density at radius 1 is 0.153 bits per heavy atom. The topological polar surface area (TPSA) is 6.48 Å². The summed E-state index contributed by atoms with van der Waals surface area (Å²) in [6.45, 7) is 33.9. The Balaban J connectivity index is 0.808. The van der Waals surface area contributed by atoms with Crippen LogP contribution in [0.25, 0.3) is 89.0 Å². The standard InChI is InChI=1S/C116H108N2/c1-79-30-73-106(109(76-79)87-35-51-91(52-36-87)113(7,8)9)84-43-63-99(64-44-84)117(98-61-41-83(42-62-98)105-29-23-22-28-104(105)82-33-49-90(50-34-82)112(4,5)6)102-69-57-96(58-70-102)116(94-24-18-16-19-25-94,95-26-20-17-21-27-95)97-59-71-103(72-60-97)118(100-65-45-85(46-66-100)107-74-31-80(2)77-110(107)88-37-53-92(54-38-88)114(10,11)12)101-67-47-86(48-68-101)108-75-32-81(3)78-111(108)89-39-55-93(56-40-89)115(13,14)15/h16-78H,1-15H3. The summed E-state index contributed by atoms with van der Waals surface area (Å²) in [7, 11) is 0. The van der Waals surface area contributed by atoms with Crippen LogP contribution in [0.5, 0.6) is 0 Å². The Kier molecular flexibility index (Phi) is 21.6. The van der Waals surface area contributed by atoms with Crippen LogP contribution < -0.4 is 9.80 Å². The molecule has 0 radical (unpaired) electrons. The van der Waals surface area contributed by atoms with Crippen LogP contribution in [0.15, 0.2) is 382 Å². The van der Waals surface area contributed by atoms with Gasteiger partial charge in [-0.2, -0.15) is 0 Å². The smallest absolute Gasteiger partial charge is 0.0701 e. The molecule has 0 heterocycles. The molecule has 582 valence electrons. The van der Waals surface area contributed by atoms with Crippen molar-refractivity contribution in [3.8, 4) is 89.0 Å². The Hall–Kier alpha value is -12.9. The van der Waals surface area contributed by atoms with Gasteiger partial charge in [0.1, 0.15) is 0 Å². The first-order valence-electron chi connectivity index (χ1n) is 41.9. The van der Waals surface area contributed by atoms with Gasteiger partial charge in [-0.15, -0.1) is 0 Å². The minimum atomic E-state index is -0.765. The lowest BCUT2D eigenvalue weighted by molar-refractivity contribution is 0.590. The first-order chi connectivity index (χ1) is 56.7. The third-order valence-electron chi connectivity index (χ3n) is 24.0. The summed E-state index contributed by atoms with van der Waals surface area (Å²) in [6, 6.07) is 144. The van der Waals surface area contributed by atoms with E-state index >= 15 is 0 Å². The number of hydrogen-bond acceptors (Lipinski definition) is 2. The van der Waals surface area contributed by atoms with Gasteiger partial charge in [-0.05, 0) is 249 Å². The zero-order valence-electron chi connectivity index (χ0n) is 71.3. The normalized spacial score (nSPS) is 12.0. The lowest BCUT2D eigenvalue weighted by Gasteiger charge is -2.37. The fraction of sp³-hybridized carbons (Fsp3) is 0.172. The number of aryl methyl sites for hydroxylation is 3. The average molecular weight is 1530 g/mol. The number of rotatable bonds is 18. The van der Waals surface area contributed by atoms with E-state index in [4.69, 9.17) is 0 Å². The molecule has 0 spiro atoms. The molecule has 0 N–H and O–H groups in total. The SMILES string of the molecule is Cc1ccc(-c2ccc(N(c3ccc(-c4ccccc4-c4ccc(C(C)(C)C)cc4)cc3)c3ccc(C(c4ccccc4)(c4ccccc4)c4ccc(N(c5ccc(-c6ccc(C)cc6-c6ccc(C(C)(C)C)cc6)cc5)c5ccc(-c6ccc(C)cc6-c6ccc(C(C)(C)C)cc6)cc5)cc4)cc3)cc2)c(-c2ccc(C(C)(C)C)cc2)c1. The molecule has 0 saturated heterocycles. The molecule has 0 atom stereocenters. The molecule has 0 amide bonds. The first-order valence-corrected chi connectivity index (χ1v) is 41.9. The van der Waals surface area contributed by atoms with Crippen molar-refractivity contribution in [1.82, 2.24) is 0 Å². The molecule has 0 unspecified atom stereocenters. The molecule has 118 heavy (non-hydrogen) atoms. The van der Waals surface area contributed by atoms with Crippen LogP contribution in [0.3, 0.4) is 0 Å². The summed E-state index contributed by atoms with van der Waals surface area (Å²) in [5.74, 6) is 0. The molecule has 0 bridgehead atoms. The predicted molar refractivity (Wildman–Crippen MR) is 507 cm³/mol. The highest BCUT2D eigenvalue weighted by atomic mass is 15.1. The van der Waals surface area contributed by atoms with E-state index in [2.05, 4.69) is 496 Å². The highest BCUT2D eigenvalue weighted by Crippen LogP contribution is 2.50. The molecule has 16 aromatic rings. The third-order valence-corrected chi connectivity index (χ3v) is 24.0. The van der Waals surface area contributed by atoms with Crippen molar-refractivity contribution in [1.29, 1.82) is 0 Å². The number of benzene rings is 16. The van der Waals surface area contributed by atoms with Crippen LogP contribution in [-0.2, 0) is 27.1 Å². The maximum absolute atomic E-state index is 2.42. The van der Waals surface area contributed by atoms with Crippen LogP contribution in [-0.4, -0.2) is 0 Å². The minimum absolute atomic E-state index is 0.0554. The lowest BCUT2D eigenvalue weighted by atomic mass is 9.65. The molecule has 2 nitrogen and oxygen atoms in total. The van der Waals surface area contributed by atoms with Crippen LogP contribution in [0.1, 0.15) is 144 Å². The number of anilines is 6. The van der Waals surface area contributed by atoms with E-state index in [1.807, 2.05) is 0 Å². The number of hydrogen-bond donors (Lipinski definition) is 0. The quantitative estimate of drug-likeness (QED) is 0.0790. The zero-order chi connectivity index (χ0) is 82.3. The second-order valence-corrected chi connectivity index (χ2v) is 36.4. The van der Waals surface area contributed by atoms with Crippen LogP contribution in [0.2, 0.25) is 0 Å². The van der Waals surface area contributed by atoms with Crippen molar-refractivity contribution in [2.45, 2.75) is 131 Å². The molecule has 0 aromatic heterocycles. The van der Waals surface area contributed by atoms with Crippen LogP contribution in [0.4, 0.5) is 34.1 Å². The molecule has 0 aliphatic heterocycles. The summed E-state index contributed by atoms with van der Waals surface area (Å²) in [5, 5.41) is 0. The maximum Gasteiger partial charge on any atom is 0.0701 e. The van der Waals surface area contributed by atoms with E-state index in [1.165, 1.54) is 117 Å². The van der Waals surface area contributed by atoms with Gasteiger partial charge in [0.15, 0.2) is 0 Å². The fourth-order valence-corrected chi connectivity index (χ4v) is 17.2. The molecule has 0 aliphatic carbocycles. The van der Waals surface area contributed by atoms with Crippen molar-refractivity contribution in [3.63, 3.8) is 0 Å². The van der Waals surface area contributed by atoms with Crippen LogP contribution in [0, 0.1) is 20.8 Å². The average Bonchev–Trinajstić information content (AvgIpc) is 0.729. The predicted octanol–water partition coefficient (Wildman–Crippen LogP) is 32.5. The molecular weight excluding hydrogens is 1420 g/mol. The minimum Gasteiger partial charge on any atom is -0.311 e. The Bertz CT molecular complexity index is 5980. The third kappa shape index (κ3) is 16.3. The molecular formula is C116H108N2. The van der Waals surface area contributed by atoms with E-state index in [9.17, 15) is 0 Å². The summed E-state index contributed by atoms with van der Waals surface area (Å²) < 4.78 is 0. The van der Waals surface area contributed by atoms with Gasteiger partial charge in [0.25, 0.3) is 0 Å². The summed E-state index contributed by atoms with van der Waals surface area (Å²) in [6.07, 6.45) is 0. The van der Waals surface area contributed by atoms with Crippen molar-refractivity contribution >= 4 is 34.1 Å². The molecule has 2 heteroatoms. The summed E-state index contributed by atoms with van der Waals surface area (Å²) in [5.41, 5.74) is 38.5. The van der Waals surface area contributed by atoms with Crippen molar-refractivity contribution < 1.29 is 0 Å². The van der Waals surface area contributed by atoms with Gasteiger partial charge in [-0.1, -0.05) is 409 Å². The Labute approximate surface area is 702 Å². The van der Waals surface area contributed by atoms with Crippen LogP contribution >= 0.6 is 0 Å². The van der Waals surface area contributed by atoms with Gasteiger partial charge in [-0.3, -0.25) is 0 Å². The highest BCUT2D eigenvalue weighted by molar-refractivity contribution is 5.91. The maximum atomic E-state index is 2.42. The fourth-order valence-electron chi connectivity index (χ4n) is 17.2. The zero-order valence-corrected chi connectivity index (χ0v) is 71.3. The van der Waals surface area contributed by atoms with Crippen molar-refractivity contribution in [3.05, 3.63) is 443 Å². The molecule has 0 aliphatic rings. The second-order valence-electron chi connectivity index (χ2n) is 36.4. The van der Waals surface area contributed by atoms with Crippen molar-refractivity contribution in [2.75, 3.05) is 9.80 Å². The monoisotopic (exact) mass is 1530 g/mol. The Morgan fingerprint density at radius 3 is 0.542 bits per heavy atom. The lowest BCUT2D eigenvalue weighted by Crippen LogP contribution is -2.31. The van der Waals surface area contributed by atoms with E-state index in [0.29, 0.717) is 0 Å². The van der Waals surface area contributed by atoms with Crippen molar-refractivity contribution in [2.24, 2.45) is 0 Å². The van der Waals surface area contributed by atoms with Gasteiger partial charge in [0, 0.05) is 34.1 Å². The van der Waals surface area contributed by atoms with Gasteiger partial charge in [0.2, 0.25) is 0 Å². The largest absolute Gasteiger partial charge is 0.311 e. The molecule has 16 rings (SSSR count). The Morgan fingerprint density at radius 2 is 0.322 bits per heavy atom. The van der Waals surface area contributed by atoms with E-state index in [1.54, 1.807) is 0 Å². The summed E-state index contributed by atoms with van der Waals surface area (Å²) in [4.78, 5) is 4.84. The highest BCUT2D eigenvalue weighted by Gasteiger charge is 2.39. The number of nitrogens with zero attached hydrogens (tertiary/aromatic N) is 2. The second kappa shape index (κ2) is 32.3. The summed E-state index contributed by atoms with van der Waals surface area (Å²) >= 11 is 0. The van der Waals surface area contributed by atoms with E-state index < -0.39 is 5.41 Å². The molecule has 0 fully saturated rings. The van der Waals surface area contributed by atoms with Gasteiger partial charge < -0.3 is 9.80 Å². The molecule has 0 saturated carbocycles.